The first-order valence-corrected chi connectivity index (χ1v) is 8.43. The summed E-state index contributed by atoms with van der Waals surface area (Å²) in [4.78, 5) is 14.9. The van der Waals surface area contributed by atoms with E-state index in [9.17, 15) is 18.0 Å². The molecule has 3 rings (SSSR count). The zero-order chi connectivity index (χ0) is 18.9. The van der Waals surface area contributed by atoms with Crippen molar-refractivity contribution in [2.45, 2.75) is 31.4 Å². The van der Waals surface area contributed by atoms with E-state index in [-0.39, 0.29) is 5.78 Å². The summed E-state index contributed by atoms with van der Waals surface area (Å²) in [6, 6.07) is 14.6. The monoisotopic (exact) mass is 359 g/mol. The third kappa shape index (κ3) is 3.39. The number of benzene rings is 2. The van der Waals surface area contributed by atoms with Crippen molar-refractivity contribution in [3.8, 4) is 0 Å². The lowest BCUT2D eigenvalue weighted by atomic mass is 9.79. The molecular formula is C21H20F3NO. The highest BCUT2D eigenvalue weighted by molar-refractivity contribution is 6.05. The third-order valence-corrected chi connectivity index (χ3v) is 5.05. The summed E-state index contributed by atoms with van der Waals surface area (Å²) in [6.45, 7) is 1.81. The number of alkyl halides is 3. The van der Waals surface area contributed by atoms with Crippen LogP contribution in [0.3, 0.4) is 0 Å². The zero-order valence-corrected chi connectivity index (χ0v) is 14.7. The summed E-state index contributed by atoms with van der Waals surface area (Å²) in [5.41, 5.74) is 0.804. The molecule has 2 aromatic carbocycles. The van der Waals surface area contributed by atoms with Crippen molar-refractivity contribution in [2.24, 2.45) is 0 Å². The molecule has 0 N–H and O–H groups in total. The van der Waals surface area contributed by atoms with E-state index in [0.717, 1.165) is 17.8 Å². The van der Waals surface area contributed by atoms with Crippen molar-refractivity contribution in [2.75, 3.05) is 11.9 Å². The Balaban J connectivity index is 1.84. The Morgan fingerprint density at radius 2 is 1.65 bits per heavy atom. The molecule has 1 aliphatic rings. The molecule has 0 heterocycles. The Morgan fingerprint density at radius 1 is 1.04 bits per heavy atom. The molecule has 0 spiro atoms. The van der Waals surface area contributed by atoms with E-state index in [1.165, 1.54) is 12.1 Å². The molecule has 1 aliphatic carbocycles. The number of halogens is 3. The number of Topliss-reactive ketones (excluding diaryl/α,β-unsaturated/α-hetero) is 1. The van der Waals surface area contributed by atoms with Crippen LogP contribution in [0.4, 0.5) is 18.9 Å². The molecule has 1 unspecified atom stereocenters. The minimum atomic E-state index is -4.37. The Morgan fingerprint density at radius 3 is 2.23 bits per heavy atom. The fourth-order valence-corrected chi connectivity index (χ4v) is 3.36. The van der Waals surface area contributed by atoms with Crippen LogP contribution in [0.2, 0.25) is 0 Å². The van der Waals surface area contributed by atoms with Crippen LogP contribution in [0.15, 0.2) is 66.4 Å². The summed E-state index contributed by atoms with van der Waals surface area (Å²) < 4.78 is 38.3. The van der Waals surface area contributed by atoms with Gasteiger partial charge >= 0.3 is 6.18 Å². The van der Waals surface area contributed by atoms with Gasteiger partial charge in [-0.3, -0.25) is 4.79 Å². The molecule has 2 aromatic rings. The van der Waals surface area contributed by atoms with Gasteiger partial charge in [-0.1, -0.05) is 30.3 Å². The number of carbonyl (C=O) groups is 1. The van der Waals surface area contributed by atoms with E-state index in [2.05, 4.69) is 0 Å². The molecular weight excluding hydrogens is 339 g/mol. The molecule has 5 heteroatoms. The molecule has 1 fully saturated rings. The molecule has 0 aliphatic heterocycles. The van der Waals surface area contributed by atoms with Crippen molar-refractivity contribution in [1.82, 2.24) is 0 Å². The SMILES string of the molecule is CN(/C=C1\CCC(C)(c2ccc(C(F)(F)F)cc2)C1=O)c1ccccc1. The lowest BCUT2D eigenvalue weighted by Crippen LogP contribution is -2.28. The molecule has 0 bridgehead atoms. The number of anilines is 1. The second-order valence-corrected chi connectivity index (χ2v) is 6.84. The van der Waals surface area contributed by atoms with Gasteiger partial charge in [0.25, 0.3) is 0 Å². The number of allylic oxidation sites excluding steroid dienone is 1. The van der Waals surface area contributed by atoms with E-state index in [0.29, 0.717) is 24.0 Å². The Hall–Kier alpha value is -2.56. The largest absolute Gasteiger partial charge is 0.416 e. The average molecular weight is 359 g/mol. The first-order chi connectivity index (χ1) is 12.2. The topological polar surface area (TPSA) is 20.3 Å². The summed E-state index contributed by atoms with van der Waals surface area (Å²) in [7, 11) is 1.88. The van der Waals surface area contributed by atoms with Gasteiger partial charge in [0.1, 0.15) is 0 Å². The molecule has 2 nitrogen and oxygen atoms in total. The first-order valence-electron chi connectivity index (χ1n) is 8.43. The minimum absolute atomic E-state index is 0.0277. The molecule has 0 radical (unpaired) electrons. The van der Waals surface area contributed by atoms with E-state index in [1.807, 2.05) is 48.5 Å². The maximum Gasteiger partial charge on any atom is 0.416 e. The number of para-hydroxylation sites is 1. The van der Waals surface area contributed by atoms with Gasteiger partial charge < -0.3 is 4.90 Å². The van der Waals surface area contributed by atoms with Crippen molar-refractivity contribution in [1.29, 1.82) is 0 Å². The van der Waals surface area contributed by atoms with Crippen LogP contribution in [0, 0.1) is 0 Å². The average Bonchev–Trinajstić information content (AvgIpc) is 2.91. The molecule has 1 atom stereocenters. The maximum atomic E-state index is 13.0. The summed E-state index contributed by atoms with van der Waals surface area (Å²) in [5, 5.41) is 0. The Labute approximate surface area is 150 Å². The van der Waals surface area contributed by atoms with E-state index in [4.69, 9.17) is 0 Å². The van der Waals surface area contributed by atoms with Crippen molar-refractivity contribution >= 4 is 11.5 Å². The van der Waals surface area contributed by atoms with Crippen molar-refractivity contribution in [3.63, 3.8) is 0 Å². The fourth-order valence-electron chi connectivity index (χ4n) is 3.36. The molecule has 0 amide bonds. The van der Waals surface area contributed by atoms with Crippen LogP contribution >= 0.6 is 0 Å². The van der Waals surface area contributed by atoms with Gasteiger partial charge in [0.2, 0.25) is 0 Å². The minimum Gasteiger partial charge on any atom is -0.351 e. The lowest BCUT2D eigenvalue weighted by Gasteiger charge is -2.23. The highest BCUT2D eigenvalue weighted by Gasteiger charge is 2.42. The molecule has 26 heavy (non-hydrogen) atoms. The highest BCUT2D eigenvalue weighted by atomic mass is 19.4. The van der Waals surface area contributed by atoms with E-state index < -0.39 is 17.2 Å². The van der Waals surface area contributed by atoms with Crippen LogP contribution in [0.1, 0.15) is 30.9 Å². The summed E-state index contributed by atoms with van der Waals surface area (Å²) in [6.07, 6.45) is -1.35. The second kappa shape index (κ2) is 6.63. The van der Waals surface area contributed by atoms with Crippen molar-refractivity contribution < 1.29 is 18.0 Å². The second-order valence-electron chi connectivity index (χ2n) is 6.84. The van der Waals surface area contributed by atoms with Gasteiger partial charge in [0.15, 0.2) is 5.78 Å². The van der Waals surface area contributed by atoms with Gasteiger partial charge in [-0.25, -0.2) is 0 Å². The molecule has 136 valence electrons. The van der Waals surface area contributed by atoms with Gasteiger partial charge in [0.05, 0.1) is 11.0 Å². The molecule has 0 saturated heterocycles. The quantitative estimate of drug-likeness (QED) is 0.689. The molecule has 1 saturated carbocycles. The number of nitrogens with zero attached hydrogens (tertiary/aromatic N) is 1. The number of hydrogen-bond donors (Lipinski definition) is 0. The number of carbonyl (C=O) groups excluding carboxylic acids is 1. The predicted octanol–water partition coefficient (Wildman–Crippen LogP) is 5.35. The standard InChI is InChI=1S/C21H20F3NO/c1-20(16-8-10-17(11-9-16)21(22,23)24)13-12-15(19(20)26)14-25(2)18-6-4-3-5-7-18/h3-11,14H,12-13H2,1-2H3/b15-14+. The third-order valence-electron chi connectivity index (χ3n) is 5.05. The lowest BCUT2D eigenvalue weighted by molar-refractivity contribution is -0.137. The van der Waals surface area contributed by atoms with Gasteiger partial charge in [0, 0.05) is 24.5 Å². The van der Waals surface area contributed by atoms with E-state index in [1.54, 1.807) is 6.92 Å². The van der Waals surface area contributed by atoms with Gasteiger partial charge in [-0.05, 0) is 49.6 Å². The van der Waals surface area contributed by atoms with E-state index >= 15 is 0 Å². The van der Waals surface area contributed by atoms with Crippen LogP contribution in [-0.2, 0) is 16.4 Å². The van der Waals surface area contributed by atoms with Gasteiger partial charge in [-0.15, -0.1) is 0 Å². The smallest absolute Gasteiger partial charge is 0.351 e. The fraction of sp³-hybridized carbons (Fsp3) is 0.286. The first kappa shape index (κ1) is 18.2. The number of rotatable bonds is 3. The van der Waals surface area contributed by atoms with Crippen LogP contribution < -0.4 is 4.90 Å². The van der Waals surface area contributed by atoms with Crippen LogP contribution in [-0.4, -0.2) is 12.8 Å². The Bertz CT molecular complexity index is 825. The van der Waals surface area contributed by atoms with Crippen LogP contribution in [0.25, 0.3) is 0 Å². The maximum absolute atomic E-state index is 13.0. The summed E-state index contributed by atoms with van der Waals surface area (Å²) in [5.74, 6) is -0.0277. The predicted molar refractivity (Wildman–Crippen MR) is 96.0 cm³/mol. The number of ketones is 1. The number of hydrogen-bond acceptors (Lipinski definition) is 2. The van der Waals surface area contributed by atoms with Crippen LogP contribution in [0.5, 0.6) is 0 Å². The normalized spacial score (nSPS) is 22.0. The van der Waals surface area contributed by atoms with Gasteiger partial charge in [-0.2, -0.15) is 13.2 Å². The molecule has 0 aromatic heterocycles. The van der Waals surface area contributed by atoms with Crippen molar-refractivity contribution in [3.05, 3.63) is 77.5 Å². The highest BCUT2D eigenvalue weighted by Crippen LogP contribution is 2.41. The zero-order valence-electron chi connectivity index (χ0n) is 14.7. The summed E-state index contributed by atoms with van der Waals surface area (Å²) >= 11 is 0. The Kier molecular flexibility index (Phi) is 4.65.